The summed E-state index contributed by atoms with van der Waals surface area (Å²) < 4.78 is 0. The Kier molecular flexibility index (Phi) is 4.51. The van der Waals surface area contributed by atoms with Crippen LogP contribution in [0, 0.1) is 13.8 Å². The van der Waals surface area contributed by atoms with Crippen molar-refractivity contribution >= 4 is 17.5 Å². The van der Waals surface area contributed by atoms with Crippen molar-refractivity contribution in [3.8, 4) is 0 Å². The molecule has 1 saturated heterocycles. The molecule has 2 heterocycles. The van der Waals surface area contributed by atoms with Crippen LogP contribution in [0.1, 0.15) is 36.8 Å². The Morgan fingerprint density at radius 2 is 1.82 bits per heavy atom. The van der Waals surface area contributed by atoms with Gasteiger partial charge in [0.1, 0.15) is 0 Å². The largest absolute Gasteiger partial charge is 0.355 e. The van der Waals surface area contributed by atoms with Gasteiger partial charge in [-0.25, -0.2) is 0 Å². The summed E-state index contributed by atoms with van der Waals surface area (Å²) >= 11 is 0. The van der Waals surface area contributed by atoms with E-state index in [1.165, 1.54) is 36.8 Å². The molecule has 5 nitrogen and oxygen atoms in total. The quantitative estimate of drug-likeness (QED) is 0.938. The molecular weight excluding hydrogens is 274 g/mol. The van der Waals surface area contributed by atoms with Crippen molar-refractivity contribution in [1.82, 2.24) is 15.2 Å². The van der Waals surface area contributed by atoms with Gasteiger partial charge in [0.05, 0.1) is 6.20 Å². The van der Waals surface area contributed by atoms with Gasteiger partial charge in [0.2, 0.25) is 5.95 Å². The standard InChI is InChI=1S/C17H23N5/c1-13-7-8-14(2)15(11-13)19-17-20-16(12-18-21-17)22-9-5-3-4-6-10-22/h7-8,11-12H,3-6,9-10H2,1-2H3,(H,19,20,21). The highest BCUT2D eigenvalue weighted by atomic mass is 15.3. The first-order chi connectivity index (χ1) is 10.7. The van der Waals surface area contributed by atoms with Crippen LogP contribution in [0.3, 0.4) is 0 Å². The molecule has 1 aliphatic heterocycles. The lowest BCUT2D eigenvalue weighted by Crippen LogP contribution is -2.25. The molecule has 1 aliphatic rings. The Morgan fingerprint density at radius 1 is 1.05 bits per heavy atom. The summed E-state index contributed by atoms with van der Waals surface area (Å²) in [5.74, 6) is 1.49. The smallest absolute Gasteiger partial charge is 0.249 e. The average Bonchev–Trinajstić information content (AvgIpc) is 2.80. The van der Waals surface area contributed by atoms with E-state index < -0.39 is 0 Å². The molecule has 1 aromatic carbocycles. The second kappa shape index (κ2) is 6.73. The zero-order valence-corrected chi connectivity index (χ0v) is 13.3. The van der Waals surface area contributed by atoms with Crippen LogP contribution >= 0.6 is 0 Å². The first kappa shape index (κ1) is 14.8. The molecule has 0 atom stereocenters. The Hall–Kier alpha value is -2.17. The number of aryl methyl sites for hydroxylation is 2. The number of nitrogens with one attached hydrogen (secondary N) is 1. The lowest BCUT2D eigenvalue weighted by Gasteiger charge is -2.21. The normalized spacial score (nSPS) is 15.5. The number of nitrogens with zero attached hydrogens (tertiary/aromatic N) is 4. The van der Waals surface area contributed by atoms with E-state index in [2.05, 4.69) is 57.4 Å². The number of rotatable bonds is 3. The van der Waals surface area contributed by atoms with E-state index in [1.54, 1.807) is 6.20 Å². The van der Waals surface area contributed by atoms with E-state index in [1.807, 2.05) is 0 Å². The van der Waals surface area contributed by atoms with Crippen molar-refractivity contribution in [2.45, 2.75) is 39.5 Å². The summed E-state index contributed by atoms with van der Waals surface area (Å²) in [5.41, 5.74) is 3.42. The Labute approximate surface area is 131 Å². The summed E-state index contributed by atoms with van der Waals surface area (Å²) in [6.45, 7) is 6.27. The molecule has 22 heavy (non-hydrogen) atoms. The van der Waals surface area contributed by atoms with Gasteiger partial charge < -0.3 is 10.2 Å². The molecule has 1 fully saturated rings. The molecule has 0 saturated carbocycles. The first-order valence-corrected chi connectivity index (χ1v) is 8.01. The van der Waals surface area contributed by atoms with Gasteiger partial charge in [0.25, 0.3) is 0 Å². The van der Waals surface area contributed by atoms with Crippen LogP contribution < -0.4 is 10.2 Å². The minimum atomic E-state index is 0.565. The third-order valence-electron chi connectivity index (χ3n) is 4.12. The second-order valence-corrected chi connectivity index (χ2v) is 5.98. The van der Waals surface area contributed by atoms with Gasteiger partial charge in [-0.15, -0.1) is 5.10 Å². The molecule has 1 aromatic heterocycles. The molecule has 5 heteroatoms. The van der Waals surface area contributed by atoms with Gasteiger partial charge in [0, 0.05) is 18.8 Å². The fraction of sp³-hybridized carbons (Fsp3) is 0.471. The minimum Gasteiger partial charge on any atom is -0.355 e. The SMILES string of the molecule is Cc1ccc(C)c(Nc2nncc(N3CCCCCC3)n2)c1. The van der Waals surface area contributed by atoms with Crippen LogP contribution in [0.4, 0.5) is 17.5 Å². The molecule has 1 N–H and O–H groups in total. The van der Waals surface area contributed by atoms with E-state index in [0.717, 1.165) is 24.6 Å². The molecule has 0 aliphatic carbocycles. The maximum atomic E-state index is 4.65. The van der Waals surface area contributed by atoms with Crippen LogP contribution in [0.25, 0.3) is 0 Å². The summed E-state index contributed by atoms with van der Waals surface area (Å²) in [7, 11) is 0. The van der Waals surface area contributed by atoms with Gasteiger partial charge >= 0.3 is 0 Å². The monoisotopic (exact) mass is 297 g/mol. The number of benzene rings is 1. The van der Waals surface area contributed by atoms with Crippen LogP contribution in [0.5, 0.6) is 0 Å². The lowest BCUT2D eigenvalue weighted by molar-refractivity contribution is 0.726. The summed E-state index contributed by atoms with van der Waals surface area (Å²) in [4.78, 5) is 6.96. The van der Waals surface area contributed by atoms with Crippen molar-refractivity contribution in [3.63, 3.8) is 0 Å². The highest BCUT2D eigenvalue weighted by molar-refractivity contribution is 5.59. The van der Waals surface area contributed by atoms with Crippen molar-refractivity contribution in [2.75, 3.05) is 23.3 Å². The Morgan fingerprint density at radius 3 is 2.59 bits per heavy atom. The van der Waals surface area contributed by atoms with Crippen LogP contribution in [-0.4, -0.2) is 28.3 Å². The van der Waals surface area contributed by atoms with Gasteiger partial charge in [-0.1, -0.05) is 25.0 Å². The van der Waals surface area contributed by atoms with Crippen molar-refractivity contribution in [2.24, 2.45) is 0 Å². The molecule has 0 amide bonds. The van der Waals surface area contributed by atoms with E-state index in [4.69, 9.17) is 0 Å². The third-order valence-corrected chi connectivity index (χ3v) is 4.12. The van der Waals surface area contributed by atoms with Crippen molar-refractivity contribution < 1.29 is 0 Å². The molecular formula is C17H23N5. The molecule has 0 unspecified atom stereocenters. The molecule has 3 rings (SSSR count). The number of hydrogen-bond acceptors (Lipinski definition) is 5. The van der Waals surface area contributed by atoms with Gasteiger partial charge in [-0.2, -0.15) is 10.1 Å². The highest BCUT2D eigenvalue weighted by Gasteiger charge is 2.12. The second-order valence-electron chi connectivity index (χ2n) is 5.98. The predicted octanol–water partition coefficient (Wildman–Crippen LogP) is 3.61. The van der Waals surface area contributed by atoms with Gasteiger partial charge in [-0.3, -0.25) is 0 Å². The summed E-state index contributed by atoms with van der Waals surface area (Å²) in [6.07, 6.45) is 6.83. The fourth-order valence-corrected chi connectivity index (χ4v) is 2.79. The third kappa shape index (κ3) is 3.53. The molecule has 0 bridgehead atoms. The number of aromatic nitrogens is 3. The summed E-state index contributed by atoms with van der Waals surface area (Å²) in [6, 6.07) is 6.31. The van der Waals surface area contributed by atoms with E-state index >= 15 is 0 Å². The Bertz CT molecular complexity index is 633. The number of anilines is 3. The average molecular weight is 297 g/mol. The molecule has 116 valence electrons. The maximum absolute atomic E-state index is 4.65. The van der Waals surface area contributed by atoms with E-state index in [0.29, 0.717) is 5.95 Å². The minimum absolute atomic E-state index is 0.565. The molecule has 0 spiro atoms. The number of hydrogen-bond donors (Lipinski definition) is 1. The Balaban J connectivity index is 1.80. The molecule has 2 aromatic rings. The highest BCUT2D eigenvalue weighted by Crippen LogP contribution is 2.21. The molecule has 0 radical (unpaired) electrons. The van der Waals surface area contributed by atoms with E-state index in [-0.39, 0.29) is 0 Å². The van der Waals surface area contributed by atoms with Crippen LogP contribution in [0.2, 0.25) is 0 Å². The predicted molar refractivity (Wildman–Crippen MR) is 89.7 cm³/mol. The maximum Gasteiger partial charge on any atom is 0.249 e. The van der Waals surface area contributed by atoms with Crippen molar-refractivity contribution in [1.29, 1.82) is 0 Å². The topological polar surface area (TPSA) is 53.9 Å². The fourth-order valence-electron chi connectivity index (χ4n) is 2.79. The zero-order valence-electron chi connectivity index (χ0n) is 13.3. The van der Waals surface area contributed by atoms with E-state index in [9.17, 15) is 0 Å². The van der Waals surface area contributed by atoms with Crippen LogP contribution in [-0.2, 0) is 0 Å². The lowest BCUT2D eigenvalue weighted by atomic mass is 10.1. The first-order valence-electron chi connectivity index (χ1n) is 8.01. The van der Waals surface area contributed by atoms with Crippen LogP contribution in [0.15, 0.2) is 24.4 Å². The zero-order chi connectivity index (χ0) is 15.4. The van der Waals surface area contributed by atoms with Crippen molar-refractivity contribution in [3.05, 3.63) is 35.5 Å². The summed E-state index contributed by atoms with van der Waals surface area (Å²) in [5, 5.41) is 11.5. The van der Waals surface area contributed by atoms with Gasteiger partial charge in [-0.05, 0) is 43.9 Å². The van der Waals surface area contributed by atoms with Gasteiger partial charge in [0.15, 0.2) is 5.82 Å².